The van der Waals surface area contributed by atoms with Crippen LogP contribution in [0.25, 0.3) is 0 Å². The molecular formula is C15H23N3O4S. The summed E-state index contributed by atoms with van der Waals surface area (Å²) >= 11 is 0. The quantitative estimate of drug-likeness (QED) is 0.668. The molecule has 0 saturated carbocycles. The molecule has 0 spiro atoms. The molecule has 8 heteroatoms. The molecule has 1 unspecified atom stereocenters. The summed E-state index contributed by atoms with van der Waals surface area (Å²) in [7, 11) is -3.79. The predicted octanol–water partition coefficient (Wildman–Crippen LogP) is 1.96. The zero-order valence-electron chi connectivity index (χ0n) is 13.9. The van der Waals surface area contributed by atoms with Crippen molar-refractivity contribution in [1.29, 1.82) is 0 Å². The van der Waals surface area contributed by atoms with Crippen LogP contribution in [0.15, 0.2) is 17.0 Å². The van der Waals surface area contributed by atoms with Gasteiger partial charge in [-0.25, -0.2) is 8.42 Å². The van der Waals surface area contributed by atoms with E-state index in [0.717, 1.165) is 0 Å². The fourth-order valence-corrected chi connectivity index (χ4v) is 4.82. The van der Waals surface area contributed by atoms with Crippen LogP contribution in [0, 0.1) is 29.4 Å². The van der Waals surface area contributed by atoms with E-state index in [1.165, 1.54) is 10.4 Å². The SMILES string of the molecule is Cc1cc(C)c(S(=O)(=O)N2CCC(N)C(C)(C)C2)cc1[N+](=O)[O-]. The van der Waals surface area contributed by atoms with E-state index in [4.69, 9.17) is 5.73 Å². The number of nitro groups is 1. The predicted molar refractivity (Wildman–Crippen MR) is 87.7 cm³/mol. The van der Waals surface area contributed by atoms with E-state index in [1.807, 2.05) is 13.8 Å². The molecule has 0 aromatic heterocycles. The lowest BCUT2D eigenvalue weighted by molar-refractivity contribution is -0.385. The fourth-order valence-electron chi connectivity index (χ4n) is 2.97. The van der Waals surface area contributed by atoms with Gasteiger partial charge in [-0.05, 0) is 37.3 Å². The molecule has 1 fully saturated rings. The Balaban J connectivity index is 2.48. The van der Waals surface area contributed by atoms with Crippen molar-refractivity contribution >= 4 is 15.7 Å². The minimum Gasteiger partial charge on any atom is -0.327 e. The molecule has 0 amide bonds. The van der Waals surface area contributed by atoms with Crippen LogP contribution in [-0.2, 0) is 10.0 Å². The number of benzene rings is 1. The maximum atomic E-state index is 13.0. The van der Waals surface area contributed by atoms with Crippen molar-refractivity contribution in [2.75, 3.05) is 13.1 Å². The fraction of sp³-hybridized carbons (Fsp3) is 0.600. The second kappa shape index (κ2) is 5.85. The number of hydrogen-bond acceptors (Lipinski definition) is 5. The van der Waals surface area contributed by atoms with Gasteiger partial charge in [-0.3, -0.25) is 10.1 Å². The number of nitro benzene ring substituents is 1. The van der Waals surface area contributed by atoms with Gasteiger partial charge in [0.15, 0.2) is 0 Å². The number of rotatable bonds is 3. The Hall–Kier alpha value is -1.51. The van der Waals surface area contributed by atoms with Gasteiger partial charge in [0, 0.05) is 30.8 Å². The Morgan fingerprint density at radius 2 is 1.91 bits per heavy atom. The van der Waals surface area contributed by atoms with E-state index in [0.29, 0.717) is 30.6 Å². The zero-order valence-corrected chi connectivity index (χ0v) is 14.7. The molecule has 2 rings (SSSR count). The van der Waals surface area contributed by atoms with Crippen molar-refractivity contribution < 1.29 is 13.3 Å². The number of sulfonamides is 1. The van der Waals surface area contributed by atoms with Gasteiger partial charge in [0.2, 0.25) is 10.0 Å². The lowest BCUT2D eigenvalue weighted by atomic mass is 9.81. The zero-order chi connectivity index (χ0) is 17.6. The van der Waals surface area contributed by atoms with Gasteiger partial charge in [-0.1, -0.05) is 13.8 Å². The molecule has 1 aliphatic rings. The molecule has 0 bridgehead atoms. The monoisotopic (exact) mass is 341 g/mol. The molecular weight excluding hydrogens is 318 g/mol. The maximum absolute atomic E-state index is 13.0. The lowest BCUT2D eigenvalue weighted by Gasteiger charge is -2.41. The highest BCUT2D eigenvalue weighted by atomic mass is 32.2. The lowest BCUT2D eigenvalue weighted by Crippen LogP contribution is -2.53. The van der Waals surface area contributed by atoms with Gasteiger partial charge in [-0.15, -0.1) is 0 Å². The Labute approximate surface area is 136 Å². The van der Waals surface area contributed by atoms with E-state index in [2.05, 4.69) is 0 Å². The van der Waals surface area contributed by atoms with E-state index in [-0.39, 0.29) is 22.0 Å². The highest BCUT2D eigenvalue weighted by Crippen LogP contribution is 2.33. The molecule has 7 nitrogen and oxygen atoms in total. The average molecular weight is 341 g/mol. The van der Waals surface area contributed by atoms with Crippen LogP contribution in [0.5, 0.6) is 0 Å². The smallest absolute Gasteiger partial charge is 0.273 e. The van der Waals surface area contributed by atoms with E-state index < -0.39 is 14.9 Å². The van der Waals surface area contributed by atoms with Crippen LogP contribution in [0.1, 0.15) is 31.4 Å². The van der Waals surface area contributed by atoms with Gasteiger partial charge in [0.25, 0.3) is 5.69 Å². The van der Waals surface area contributed by atoms with Crippen LogP contribution in [0.3, 0.4) is 0 Å². The Morgan fingerprint density at radius 1 is 1.30 bits per heavy atom. The third kappa shape index (κ3) is 3.24. The summed E-state index contributed by atoms with van der Waals surface area (Å²) in [6.07, 6.45) is 0.569. The number of nitrogens with zero attached hydrogens (tertiary/aromatic N) is 2. The molecule has 0 aliphatic carbocycles. The average Bonchev–Trinajstić information content (AvgIpc) is 2.40. The van der Waals surface area contributed by atoms with Crippen LogP contribution in [0.2, 0.25) is 0 Å². The molecule has 1 heterocycles. The molecule has 23 heavy (non-hydrogen) atoms. The normalized spacial score (nSPS) is 22.0. The molecule has 0 radical (unpaired) electrons. The molecule has 1 aromatic rings. The second-order valence-corrected chi connectivity index (χ2v) is 8.79. The topological polar surface area (TPSA) is 107 Å². The van der Waals surface area contributed by atoms with Gasteiger partial charge in [0.1, 0.15) is 0 Å². The first-order valence-corrected chi connectivity index (χ1v) is 8.92. The Kier molecular flexibility index (Phi) is 4.53. The molecule has 2 N–H and O–H groups in total. The third-order valence-electron chi connectivity index (χ3n) is 4.59. The van der Waals surface area contributed by atoms with Crippen LogP contribution < -0.4 is 5.73 Å². The van der Waals surface area contributed by atoms with Gasteiger partial charge in [0.05, 0.1) is 9.82 Å². The summed E-state index contributed by atoms with van der Waals surface area (Å²) in [4.78, 5) is 10.6. The second-order valence-electron chi connectivity index (χ2n) is 6.88. The van der Waals surface area contributed by atoms with Crippen molar-refractivity contribution in [3.63, 3.8) is 0 Å². The highest BCUT2D eigenvalue weighted by Gasteiger charge is 2.39. The molecule has 1 saturated heterocycles. The summed E-state index contributed by atoms with van der Waals surface area (Å²) in [6.45, 7) is 7.76. The number of aryl methyl sites for hydroxylation is 2. The standard InChI is InChI=1S/C15H23N3O4S/c1-10-7-11(2)13(8-12(10)18(19)20)23(21,22)17-6-5-14(16)15(3,4)9-17/h7-8,14H,5-6,9,16H2,1-4H3. The van der Waals surface area contributed by atoms with E-state index in [9.17, 15) is 18.5 Å². The first kappa shape index (κ1) is 17.8. The molecule has 128 valence electrons. The summed E-state index contributed by atoms with van der Waals surface area (Å²) in [6, 6.07) is 2.65. The molecule has 1 aromatic carbocycles. The first-order chi connectivity index (χ1) is 10.5. The summed E-state index contributed by atoms with van der Waals surface area (Å²) in [5, 5.41) is 11.1. The molecule has 1 atom stereocenters. The van der Waals surface area contributed by atoms with Crippen molar-refractivity contribution in [1.82, 2.24) is 4.31 Å². The third-order valence-corrected chi connectivity index (χ3v) is 6.57. The first-order valence-electron chi connectivity index (χ1n) is 7.48. The largest absolute Gasteiger partial charge is 0.327 e. The van der Waals surface area contributed by atoms with Crippen molar-refractivity contribution in [2.45, 2.75) is 45.1 Å². The molecule has 1 aliphatic heterocycles. The van der Waals surface area contributed by atoms with Crippen LogP contribution in [0.4, 0.5) is 5.69 Å². The number of piperidine rings is 1. The van der Waals surface area contributed by atoms with Gasteiger partial charge >= 0.3 is 0 Å². The minimum absolute atomic E-state index is 0.000992. The maximum Gasteiger partial charge on any atom is 0.273 e. The summed E-state index contributed by atoms with van der Waals surface area (Å²) in [5.41, 5.74) is 6.51. The highest BCUT2D eigenvalue weighted by molar-refractivity contribution is 7.89. The van der Waals surface area contributed by atoms with Crippen molar-refractivity contribution in [3.8, 4) is 0 Å². The number of nitrogens with two attached hydrogens (primary N) is 1. The van der Waals surface area contributed by atoms with Crippen molar-refractivity contribution in [3.05, 3.63) is 33.4 Å². The number of hydrogen-bond donors (Lipinski definition) is 1. The summed E-state index contributed by atoms with van der Waals surface area (Å²) in [5.74, 6) is 0. The van der Waals surface area contributed by atoms with Crippen LogP contribution in [-0.4, -0.2) is 36.8 Å². The van der Waals surface area contributed by atoms with Crippen LogP contribution >= 0.6 is 0 Å². The van der Waals surface area contributed by atoms with Gasteiger partial charge in [-0.2, -0.15) is 4.31 Å². The van der Waals surface area contributed by atoms with Crippen molar-refractivity contribution in [2.24, 2.45) is 11.1 Å². The Morgan fingerprint density at radius 3 is 2.43 bits per heavy atom. The van der Waals surface area contributed by atoms with Gasteiger partial charge < -0.3 is 5.73 Å². The summed E-state index contributed by atoms with van der Waals surface area (Å²) < 4.78 is 27.3. The van der Waals surface area contributed by atoms with E-state index in [1.54, 1.807) is 19.9 Å². The Bertz CT molecular complexity index is 743. The minimum atomic E-state index is -3.79. The van der Waals surface area contributed by atoms with E-state index >= 15 is 0 Å².